The van der Waals surface area contributed by atoms with Crippen LogP contribution >= 0.6 is 15.9 Å². The minimum Gasteiger partial charge on any atom is -0.472 e. The van der Waals surface area contributed by atoms with Crippen LogP contribution in [0.2, 0.25) is 0 Å². The molecule has 0 unspecified atom stereocenters. The molecule has 4 nitrogen and oxygen atoms in total. The summed E-state index contributed by atoms with van der Waals surface area (Å²) in [5.74, 6) is 1.37. The van der Waals surface area contributed by atoms with E-state index >= 15 is 0 Å². The number of ether oxygens (including phenoxy) is 1. The van der Waals surface area contributed by atoms with Crippen LogP contribution in [0, 0.1) is 0 Å². The van der Waals surface area contributed by atoms with Crippen molar-refractivity contribution in [3.8, 4) is 5.88 Å². The second kappa shape index (κ2) is 6.89. The zero-order valence-corrected chi connectivity index (χ0v) is 13.4. The Morgan fingerprint density at radius 3 is 2.62 bits per heavy atom. The quantitative estimate of drug-likeness (QED) is 0.842. The van der Waals surface area contributed by atoms with E-state index < -0.39 is 0 Å². The van der Waals surface area contributed by atoms with Gasteiger partial charge in [-0.1, -0.05) is 30.3 Å². The van der Waals surface area contributed by atoms with Crippen molar-refractivity contribution in [3.63, 3.8) is 0 Å². The predicted octanol–water partition coefficient (Wildman–Crippen LogP) is 3.81. The van der Waals surface area contributed by atoms with Crippen LogP contribution in [0.25, 0.3) is 0 Å². The van der Waals surface area contributed by atoms with E-state index in [0.717, 1.165) is 29.1 Å². The molecule has 2 aromatic rings. The molecule has 21 heavy (non-hydrogen) atoms. The third-order valence-electron chi connectivity index (χ3n) is 3.56. The van der Waals surface area contributed by atoms with Crippen LogP contribution in [0.15, 0.2) is 41.0 Å². The SMILES string of the molecule is Brc1cnc(N2CCCCC2)nc1OCc1ccccc1. The summed E-state index contributed by atoms with van der Waals surface area (Å²) in [7, 11) is 0. The Balaban J connectivity index is 1.72. The van der Waals surface area contributed by atoms with Gasteiger partial charge in [-0.05, 0) is 40.8 Å². The first kappa shape index (κ1) is 14.3. The van der Waals surface area contributed by atoms with Crippen LogP contribution in [-0.2, 0) is 6.61 Å². The van der Waals surface area contributed by atoms with Gasteiger partial charge in [-0.25, -0.2) is 4.98 Å². The molecule has 110 valence electrons. The van der Waals surface area contributed by atoms with E-state index in [9.17, 15) is 0 Å². The van der Waals surface area contributed by atoms with Gasteiger partial charge in [0.05, 0.1) is 10.7 Å². The van der Waals surface area contributed by atoms with E-state index in [1.165, 1.54) is 19.3 Å². The molecule has 1 aliphatic heterocycles. The van der Waals surface area contributed by atoms with Gasteiger partial charge in [0.2, 0.25) is 11.8 Å². The van der Waals surface area contributed by atoms with Gasteiger partial charge in [0, 0.05) is 13.1 Å². The number of hydrogen-bond acceptors (Lipinski definition) is 4. The summed E-state index contributed by atoms with van der Waals surface area (Å²) in [5.41, 5.74) is 1.13. The first-order valence-electron chi connectivity index (χ1n) is 7.27. The lowest BCUT2D eigenvalue weighted by Gasteiger charge is -2.26. The highest BCUT2D eigenvalue weighted by atomic mass is 79.9. The lowest BCUT2D eigenvalue weighted by Crippen LogP contribution is -2.31. The van der Waals surface area contributed by atoms with Crippen LogP contribution < -0.4 is 9.64 Å². The Kier molecular flexibility index (Phi) is 4.70. The van der Waals surface area contributed by atoms with E-state index in [0.29, 0.717) is 12.5 Å². The van der Waals surface area contributed by atoms with Crippen molar-refractivity contribution in [2.75, 3.05) is 18.0 Å². The van der Waals surface area contributed by atoms with Gasteiger partial charge in [-0.3, -0.25) is 0 Å². The fourth-order valence-corrected chi connectivity index (χ4v) is 2.72. The summed E-state index contributed by atoms with van der Waals surface area (Å²) in [6.07, 6.45) is 5.49. The number of anilines is 1. The molecule has 0 saturated carbocycles. The minimum atomic E-state index is 0.510. The van der Waals surface area contributed by atoms with Crippen LogP contribution in [0.3, 0.4) is 0 Å². The van der Waals surface area contributed by atoms with Crippen LogP contribution in [0.4, 0.5) is 5.95 Å². The molecule has 0 N–H and O–H groups in total. The Hall–Kier alpha value is -1.62. The summed E-state index contributed by atoms with van der Waals surface area (Å²) in [6.45, 7) is 2.56. The summed E-state index contributed by atoms with van der Waals surface area (Å²) < 4.78 is 6.62. The fourth-order valence-electron chi connectivity index (χ4n) is 2.42. The monoisotopic (exact) mass is 347 g/mol. The number of rotatable bonds is 4. The second-order valence-corrected chi connectivity index (χ2v) is 6.00. The van der Waals surface area contributed by atoms with Gasteiger partial charge in [0.25, 0.3) is 0 Å². The maximum absolute atomic E-state index is 5.83. The normalized spacial score (nSPS) is 15.0. The van der Waals surface area contributed by atoms with Crippen LogP contribution in [0.5, 0.6) is 5.88 Å². The molecule has 1 aromatic heterocycles. The molecule has 5 heteroatoms. The van der Waals surface area contributed by atoms with Crippen molar-refractivity contribution in [2.45, 2.75) is 25.9 Å². The maximum Gasteiger partial charge on any atom is 0.233 e. The van der Waals surface area contributed by atoms with Gasteiger partial charge in [-0.15, -0.1) is 0 Å². The van der Waals surface area contributed by atoms with E-state index in [1.54, 1.807) is 6.20 Å². The smallest absolute Gasteiger partial charge is 0.233 e. The molecule has 1 aromatic carbocycles. The Morgan fingerprint density at radius 2 is 1.86 bits per heavy atom. The largest absolute Gasteiger partial charge is 0.472 e. The molecule has 0 bridgehead atoms. The van der Waals surface area contributed by atoms with Crippen molar-refractivity contribution in [1.82, 2.24) is 9.97 Å². The second-order valence-electron chi connectivity index (χ2n) is 5.15. The van der Waals surface area contributed by atoms with Crippen molar-refractivity contribution < 1.29 is 4.74 Å². The molecule has 3 rings (SSSR count). The number of piperidine rings is 1. The van der Waals surface area contributed by atoms with Crippen molar-refractivity contribution in [2.24, 2.45) is 0 Å². The summed E-state index contributed by atoms with van der Waals surface area (Å²) in [5, 5.41) is 0. The lowest BCUT2D eigenvalue weighted by atomic mass is 10.1. The molecular formula is C16H18BrN3O. The third kappa shape index (κ3) is 3.73. The first-order valence-corrected chi connectivity index (χ1v) is 8.06. The Morgan fingerprint density at radius 1 is 1.10 bits per heavy atom. The highest BCUT2D eigenvalue weighted by molar-refractivity contribution is 9.10. The maximum atomic E-state index is 5.83. The Bertz CT molecular complexity index is 585. The summed E-state index contributed by atoms with van der Waals surface area (Å²) in [6, 6.07) is 10.1. The molecule has 0 radical (unpaired) electrons. The molecule has 1 fully saturated rings. The molecule has 0 amide bonds. The van der Waals surface area contributed by atoms with Crippen molar-refractivity contribution in [3.05, 3.63) is 46.6 Å². The predicted molar refractivity (Wildman–Crippen MR) is 86.6 cm³/mol. The van der Waals surface area contributed by atoms with Gasteiger partial charge < -0.3 is 9.64 Å². The molecule has 0 spiro atoms. The number of halogens is 1. The summed E-state index contributed by atoms with van der Waals surface area (Å²) in [4.78, 5) is 11.2. The molecule has 1 saturated heterocycles. The number of aromatic nitrogens is 2. The number of nitrogens with zero attached hydrogens (tertiary/aromatic N) is 3. The highest BCUT2D eigenvalue weighted by Crippen LogP contribution is 2.26. The van der Waals surface area contributed by atoms with E-state index in [4.69, 9.17) is 4.74 Å². The first-order chi connectivity index (χ1) is 10.3. The fraction of sp³-hybridized carbons (Fsp3) is 0.375. The van der Waals surface area contributed by atoms with E-state index in [1.807, 2.05) is 30.3 Å². The molecule has 1 aliphatic rings. The zero-order valence-electron chi connectivity index (χ0n) is 11.8. The third-order valence-corrected chi connectivity index (χ3v) is 4.10. The zero-order chi connectivity index (χ0) is 14.5. The summed E-state index contributed by atoms with van der Waals surface area (Å²) >= 11 is 3.46. The molecule has 0 aliphatic carbocycles. The van der Waals surface area contributed by atoms with Crippen LogP contribution in [-0.4, -0.2) is 23.1 Å². The topological polar surface area (TPSA) is 38.2 Å². The molecular weight excluding hydrogens is 330 g/mol. The Labute approximate surface area is 133 Å². The minimum absolute atomic E-state index is 0.510. The van der Waals surface area contributed by atoms with Gasteiger partial charge in [-0.2, -0.15) is 4.98 Å². The molecule has 0 atom stereocenters. The van der Waals surface area contributed by atoms with Crippen molar-refractivity contribution in [1.29, 1.82) is 0 Å². The number of hydrogen-bond donors (Lipinski definition) is 0. The van der Waals surface area contributed by atoms with Gasteiger partial charge in [0.15, 0.2) is 0 Å². The van der Waals surface area contributed by atoms with Gasteiger partial charge >= 0.3 is 0 Å². The molecule has 2 heterocycles. The van der Waals surface area contributed by atoms with E-state index in [2.05, 4.69) is 30.8 Å². The average molecular weight is 348 g/mol. The van der Waals surface area contributed by atoms with Crippen LogP contribution in [0.1, 0.15) is 24.8 Å². The standard InChI is InChI=1S/C16H18BrN3O/c17-14-11-18-16(20-9-5-2-6-10-20)19-15(14)21-12-13-7-3-1-4-8-13/h1,3-4,7-8,11H,2,5-6,9-10,12H2. The highest BCUT2D eigenvalue weighted by Gasteiger charge is 2.15. The average Bonchev–Trinajstić information content (AvgIpc) is 2.56. The van der Waals surface area contributed by atoms with E-state index in [-0.39, 0.29) is 0 Å². The lowest BCUT2D eigenvalue weighted by molar-refractivity contribution is 0.291. The van der Waals surface area contributed by atoms with Crippen molar-refractivity contribution >= 4 is 21.9 Å². The number of benzene rings is 1. The van der Waals surface area contributed by atoms with Gasteiger partial charge in [0.1, 0.15) is 6.61 Å².